The van der Waals surface area contributed by atoms with Gasteiger partial charge in [-0.15, -0.1) is 10.2 Å². The average molecular weight is 317 g/mol. The summed E-state index contributed by atoms with van der Waals surface area (Å²) in [6, 6.07) is 0.177. The van der Waals surface area contributed by atoms with Crippen LogP contribution >= 0.6 is 11.3 Å². The van der Waals surface area contributed by atoms with Gasteiger partial charge in [0.1, 0.15) is 5.01 Å². The minimum Gasteiger partial charge on any atom is -0.289 e. The Kier molecular flexibility index (Phi) is 3.94. The SMILES string of the molecule is FC(F)(F)c1nnc(CN2CCCC[C@H]2c2cn[nH]c2)s1. The van der Waals surface area contributed by atoms with Crippen LogP contribution in [0.2, 0.25) is 0 Å². The summed E-state index contributed by atoms with van der Waals surface area (Å²) in [7, 11) is 0. The molecule has 2 aromatic rings. The molecule has 9 heteroatoms. The molecule has 5 nitrogen and oxygen atoms in total. The third kappa shape index (κ3) is 3.24. The van der Waals surface area contributed by atoms with Gasteiger partial charge in [0.25, 0.3) is 0 Å². The predicted octanol–water partition coefficient (Wildman–Crippen LogP) is 3.01. The van der Waals surface area contributed by atoms with Crippen molar-refractivity contribution in [3.8, 4) is 0 Å². The maximum atomic E-state index is 12.6. The van der Waals surface area contributed by atoms with Crippen LogP contribution < -0.4 is 0 Å². The van der Waals surface area contributed by atoms with Crippen molar-refractivity contribution >= 4 is 11.3 Å². The van der Waals surface area contributed by atoms with E-state index in [0.717, 1.165) is 31.4 Å². The summed E-state index contributed by atoms with van der Waals surface area (Å²) < 4.78 is 37.7. The minimum atomic E-state index is -4.41. The van der Waals surface area contributed by atoms with Crippen LogP contribution in [0.5, 0.6) is 0 Å². The zero-order valence-corrected chi connectivity index (χ0v) is 11.9. The quantitative estimate of drug-likeness (QED) is 0.945. The van der Waals surface area contributed by atoms with Crippen LogP contribution in [0.15, 0.2) is 12.4 Å². The molecule has 1 N–H and O–H groups in total. The van der Waals surface area contributed by atoms with Crippen molar-refractivity contribution in [1.82, 2.24) is 25.3 Å². The highest BCUT2D eigenvalue weighted by molar-refractivity contribution is 7.11. The van der Waals surface area contributed by atoms with Crippen molar-refractivity contribution in [2.75, 3.05) is 6.54 Å². The summed E-state index contributed by atoms with van der Waals surface area (Å²) in [4.78, 5) is 2.15. The molecule has 3 heterocycles. The first-order chi connectivity index (χ1) is 10.0. The summed E-state index contributed by atoms with van der Waals surface area (Å²) in [6.45, 7) is 1.24. The molecule has 0 radical (unpaired) electrons. The third-order valence-electron chi connectivity index (χ3n) is 3.57. The van der Waals surface area contributed by atoms with Crippen LogP contribution in [0.25, 0.3) is 0 Å². The molecule has 0 unspecified atom stereocenters. The number of H-pyrrole nitrogens is 1. The van der Waals surface area contributed by atoms with Gasteiger partial charge in [0, 0.05) is 17.8 Å². The lowest BCUT2D eigenvalue weighted by Crippen LogP contribution is -2.32. The Morgan fingerprint density at radius 1 is 1.33 bits per heavy atom. The molecular weight excluding hydrogens is 303 g/mol. The Balaban J connectivity index is 1.74. The first kappa shape index (κ1) is 14.5. The number of nitrogens with zero attached hydrogens (tertiary/aromatic N) is 4. The van der Waals surface area contributed by atoms with E-state index < -0.39 is 11.2 Å². The van der Waals surface area contributed by atoms with Crippen LogP contribution in [0.1, 0.15) is 40.9 Å². The van der Waals surface area contributed by atoms with Crippen LogP contribution in [-0.2, 0) is 12.7 Å². The highest BCUT2D eigenvalue weighted by Gasteiger charge is 2.36. The Morgan fingerprint density at radius 2 is 2.19 bits per heavy atom. The van der Waals surface area contributed by atoms with Crippen molar-refractivity contribution in [2.45, 2.75) is 38.0 Å². The number of aromatic amines is 1. The fourth-order valence-electron chi connectivity index (χ4n) is 2.61. The molecule has 21 heavy (non-hydrogen) atoms. The standard InChI is InChI=1S/C12H14F3N5S/c13-12(14,15)11-19-18-10(21-11)7-20-4-2-1-3-9(20)8-5-16-17-6-8/h5-6,9H,1-4,7H2,(H,16,17)/t9-/m0/s1. The van der Waals surface area contributed by atoms with Crippen molar-refractivity contribution in [1.29, 1.82) is 0 Å². The zero-order valence-electron chi connectivity index (χ0n) is 11.1. The first-order valence-electron chi connectivity index (χ1n) is 6.66. The molecule has 1 aliphatic heterocycles. The fraction of sp³-hybridized carbons (Fsp3) is 0.583. The second-order valence-corrected chi connectivity index (χ2v) is 6.07. The molecule has 0 aromatic carbocycles. The smallest absolute Gasteiger partial charge is 0.289 e. The molecule has 0 saturated carbocycles. The van der Waals surface area contributed by atoms with E-state index in [0.29, 0.717) is 22.9 Å². The second-order valence-electron chi connectivity index (χ2n) is 5.01. The largest absolute Gasteiger partial charge is 0.445 e. The lowest BCUT2D eigenvalue weighted by molar-refractivity contribution is -0.138. The number of hydrogen-bond donors (Lipinski definition) is 1. The minimum absolute atomic E-state index is 0.177. The fourth-order valence-corrected chi connectivity index (χ4v) is 3.34. The van der Waals surface area contributed by atoms with Gasteiger partial charge < -0.3 is 0 Å². The molecule has 1 atom stereocenters. The molecule has 2 aromatic heterocycles. The molecule has 3 rings (SSSR count). The average Bonchev–Trinajstić information content (AvgIpc) is 3.09. The Labute approximate surface area is 123 Å². The van der Waals surface area contributed by atoms with E-state index in [4.69, 9.17) is 0 Å². The lowest BCUT2D eigenvalue weighted by Gasteiger charge is -2.34. The predicted molar refractivity (Wildman–Crippen MR) is 70.5 cm³/mol. The summed E-state index contributed by atoms with van der Waals surface area (Å²) >= 11 is 0.620. The van der Waals surface area contributed by atoms with Crippen molar-refractivity contribution in [3.63, 3.8) is 0 Å². The lowest BCUT2D eigenvalue weighted by atomic mass is 9.98. The van der Waals surface area contributed by atoms with E-state index >= 15 is 0 Å². The van der Waals surface area contributed by atoms with E-state index in [1.807, 2.05) is 6.20 Å². The van der Waals surface area contributed by atoms with Crippen LogP contribution in [0, 0.1) is 0 Å². The van der Waals surface area contributed by atoms with Gasteiger partial charge in [0.2, 0.25) is 5.01 Å². The van der Waals surface area contributed by atoms with Crippen LogP contribution in [0.4, 0.5) is 13.2 Å². The second kappa shape index (κ2) is 5.72. The monoisotopic (exact) mass is 317 g/mol. The Morgan fingerprint density at radius 3 is 2.86 bits per heavy atom. The summed E-state index contributed by atoms with van der Waals surface area (Å²) in [5, 5.41) is 13.2. The summed E-state index contributed by atoms with van der Waals surface area (Å²) in [5.74, 6) is 0. The van der Waals surface area contributed by atoms with Crippen molar-refractivity contribution in [2.24, 2.45) is 0 Å². The molecular formula is C12H14F3N5S. The van der Waals surface area contributed by atoms with Gasteiger partial charge in [-0.3, -0.25) is 10.00 Å². The molecule has 1 saturated heterocycles. The number of likely N-dealkylation sites (tertiary alicyclic amines) is 1. The molecule has 0 spiro atoms. The third-order valence-corrected chi connectivity index (χ3v) is 4.52. The summed E-state index contributed by atoms with van der Waals surface area (Å²) in [6.07, 6.45) is 2.32. The molecule has 0 bridgehead atoms. The topological polar surface area (TPSA) is 57.7 Å². The van der Waals surface area contributed by atoms with Crippen molar-refractivity contribution in [3.05, 3.63) is 28.0 Å². The van der Waals surface area contributed by atoms with Gasteiger partial charge >= 0.3 is 6.18 Å². The van der Waals surface area contributed by atoms with Gasteiger partial charge in [-0.2, -0.15) is 18.3 Å². The number of aromatic nitrogens is 4. The van der Waals surface area contributed by atoms with Gasteiger partial charge in [0.05, 0.1) is 12.7 Å². The van der Waals surface area contributed by atoms with Crippen LogP contribution in [-0.4, -0.2) is 31.8 Å². The maximum Gasteiger partial charge on any atom is 0.445 e. The number of hydrogen-bond acceptors (Lipinski definition) is 5. The number of alkyl halides is 3. The van der Waals surface area contributed by atoms with Crippen LogP contribution in [0.3, 0.4) is 0 Å². The molecule has 0 amide bonds. The van der Waals surface area contributed by atoms with E-state index in [1.165, 1.54) is 0 Å². The van der Waals surface area contributed by atoms with E-state index in [9.17, 15) is 13.2 Å². The highest BCUT2D eigenvalue weighted by atomic mass is 32.1. The number of piperidine rings is 1. The van der Waals surface area contributed by atoms with E-state index in [2.05, 4.69) is 25.3 Å². The number of halogens is 3. The van der Waals surface area contributed by atoms with Gasteiger partial charge in [-0.25, -0.2) is 0 Å². The Hall–Kier alpha value is -1.48. The number of nitrogens with one attached hydrogen (secondary N) is 1. The molecule has 1 aliphatic rings. The molecule has 114 valence electrons. The molecule has 0 aliphatic carbocycles. The van der Waals surface area contributed by atoms with E-state index in [-0.39, 0.29) is 6.04 Å². The van der Waals surface area contributed by atoms with E-state index in [1.54, 1.807) is 6.20 Å². The summed E-state index contributed by atoms with van der Waals surface area (Å²) in [5.41, 5.74) is 1.07. The highest BCUT2D eigenvalue weighted by Crippen LogP contribution is 2.34. The first-order valence-corrected chi connectivity index (χ1v) is 7.48. The van der Waals surface area contributed by atoms with Crippen molar-refractivity contribution < 1.29 is 13.2 Å². The maximum absolute atomic E-state index is 12.6. The zero-order chi connectivity index (χ0) is 14.9. The molecule has 1 fully saturated rings. The number of rotatable bonds is 3. The normalized spacial score (nSPS) is 20.8. The Bertz CT molecular complexity index is 580. The van der Waals surface area contributed by atoms with Gasteiger partial charge in [-0.1, -0.05) is 17.8 Å². The van der Waals surface area contributed by atoms with Gasteiger partial charge in [0.15, 0.2) is 0 Å². The van der Waals surface area contributed by atoms with Gasteiger partial charge in [-0.05, 0) is 19.4 Å².